The Hall–Kier alpha value is -2.24. The molecular weight excluding hydrogens is 248 g/mol. The van der Waals surface area contributed by atoms with Gasteiger partial charge in [0.2, 0.25) is 0 Å². The number of Topliss-reactive ketones (excluding diaryl/α,β-unsaturated/α-hetero) is 1. The zero-order valence-electron chi connectivity index (χ0n) is 11.5. The van der Waals surface area contributed by atoms with Crippen molar-refractivity contribution in [2.75, 3.05) is 31.4 Å². The minimum absolute atomic E-state index is 0.197. The van der Waals surface area contributed by atoms with Crippen molar-refractivity contribution in [3.63, 3.8) is 0 Å². The van der Waals surface area contributed by atoms with Crippen molar-refractivity contribution in [1.29, 1.82) is 0 Å². The number of ether oxygens (including phenoxy) is 2. The van der Waals surface area contributed by atoms with Gasteiger partial charge in [-0.3, -0.25) is 9.69 Å². The van der Waals surface area contributed by atoms with E-state index in [4.69, 9.17) is 15.2 Å². The minimum atomic E-state index is -0.533. The molecule has 1 aromatic carbocycles. The van der Waals surface area contributed by atoms with E-state index in [0.717, 1.165) is 0 Å². The number of amides is 1. The number of hydrogen-bond donors (Lipinski definition) is 1. The second-order valence-corrected chi connectivity index (χ2v) is 3.89. The first-order valence-electron chi connectivity index (χ1n) is 5.81. The molecule has 0 bridgehead atoms. The Morgan fingerprint density at radius 3 is 2.47 bits per heavy atom. The number of anilines is 2. The number of nitrogens with zero attached hydrogens (tertiary/aromatic N) is 1. The molecule has 1 amide bonds. The third-order valence-corrected chi connectivity index (χ3v) is 2.66. The first-order valence-corrected chi connectivity index (χ1v) is 5.81. The van der Waals surface area contributed by atoms with Crippen molar-refractivity contribution in [3.8, 4) is 5.75 Å². The van der Waals surface area contributed by atoms with Gasteiger partial charge in [0.05, 0.1) is 30.7 Å². The fraction of sp³-hybridized carbons (Fsp3) is 0.385. The number of ketones is 1. The van der Waals surface area contributed by atoms with Crippen LogP contribution >= 0.6 is 0 Å². The molecule has 0 aliphatic heterocycles. The molecule has 0 atom stereocenters. The van der Waals surface area contributed by atoms with E-state index in [1.54, 1.807) is 19.1 Å². The van der Waals surface area contributed by atoms with Gasteiger partial charge in [0.1, 0.15) is 5.75 Å². The van der Waals surface area contributed by atoms with Crippen LogP contribution in [0.5, 0.6) is 5.75 Å². The van der Waals surface area contributed by atoms with E-state index in [1.807, 2.05) is 0 Å². The summed E-state index contributed by atoms with van der Waals surface area (Å²) in [4.78, 5) is 24.5. The van der Waals surface area contributed by atoms with Crippen LogP contribution in [-0.2, 0) is 4.74 Å². The first-order chi connectivity index (χ1) is 8.93. The van der Waals surface area contributed by atoms with Gasteiger partial charge in [0, 0.05) is 7.05 Å². The molecule has 104 valence electrons. The van der Waals surface area contributed by atoms with E-state index < -0.39 is 6.09 Å². The maximum atomic E-state index is 11.7. The van der Waals surface area contributed by atoms with Crippen LogP contribution in [0.4, 0.5) is 16.2 Å². The second kappa shape index (κ2) is 6.08. The van der Waals surface area contributed by atoms with Crippen LogP contribution in [0.15, 0.2) is 12.1 Å². The van der Waals surface area contributed by atoms with Crippen molar-refractivity contribution in [1.82, 2.24) is 0 Å². The second-order valence-electron chi connectivity index (χ2n) is 3.89. The van der Waals surface area contributed by atoms with Crippen LogP contribution in [-0.4, -0.2) is 32.6 Å². The molecule has 0 aromatic heterocycles. The largest absolute Gasteiger partial charge is 0.496 e. The quantitative estimate of drug-likeness (QED) is 0.666. The third kappa shape index (κ3) is 2.96. The molecule has 1 rings (SSSR count). The van der Waals surface area contributed by atoms with Crippen molar-refractivity contribution < 1.29 is 19.1 Å². The average molecular weight is 266 g/mol. The summed E-state index contributed by atoms with van der Waals surface area (Å²) in [5, 5.41) is 0. The number of rotatable bonds is 4. The summed E-state index contributed by atoms with van der Waals surface area (Å²) in [6, 6.07) is 3.20. The topological polar surface area (TPSA) is 81.9 Å². The predicted molar refractivity (Wildman–Crippen MR) is 72.8 cm³/mol. The molecule has 0 spiro atoms. The third-order valence-electron chi connectivity index (χ3n) is 2.66. The van der Waals surface area contributed by atoms with Crippen molar-refractivity contribution >= 4 is 23.3 Å². The minimum Gasteiger partial charge on any atom is -0.496 e. The molecule has 1 aromatic rings. The lowest BCUT2D eigenvalue weighted by molar-refractivity contribution is 0.101. The number of methoxy groups -OCH3 is 1. The van der Waals surface area contributed by atoms with Gasteiger partial charge in [-0.15, -0.1) is 0 Å². The molecule has 0 aliphatic carbocycles. The number of nitrogen functional groups attached to an aromatic ring is 1. The summed E-state index contributed by atoms with van der Waals surface area (Å²) >= 11 is 0. The van der Waals surface area contributed by atoms with Gasteiger partial charge < -0.3 is 15.2 Å². The molecule has 19 heavy (non-hydrogen) atoms. The highest BCUT2D eigenvalue weighted by Crippen LogP contribution is 2.33. The fourth-order valence-corrected chi connectivity index (χ4v) is 1.73. The normalized spacial score (nSPS) is 9.89. The van der Waals surface area contributed by atoms with Gasteiger partial charge in [0.15, 0.2) is 5.78 Å². The van der Waals surface area contributed by atoms with Crippen molar-refractivity contribution in [2.45, 2.75) is 13.8 Å². The Labute approximate surface area is 112 Å². The highest BCUT2D eigenvalue weighted by molar-refractivity contribution is 6.06. The molecule has 6 nitrogen and oxygen atoms in total. The molecular formula is C13H18N2O4. The average Bonchev–Trinajstić information content (AvgIpc) is 2.37. The lowest BCUT2D eigenvalue weighted by Gasteiger charge is -2.20. The molecule has 0 heterocycles. The van der Waals surface area contributed by atoms with Crippen molar-refractivity contribution in [3.05, 3.63) is 17.7 Å². The molecule has 2 N–H and O–H groups in total. The molecule has 0 unspecified atom stereocenters. The van der Waals surface area contributed by atoms with Crippen molar-refractivity contribution in [2.24, 2.45) is 0 Å². The summed E-state index contributed by atoms with van der Waals surface area (Å²) < 4.78 is 9.98. The summed E-state index contributed by atoms with van der Waals surface area (Å²) in [5.41, 5.74) is 6.81. The molecule has 0 saturated carbocycles. The monoisotopic (exact) mass is 266 g/mol. The lowest BCUT2D eigenvalue weighted by Crippen LogP contribution is -2.28. The number of benzene rings is 1. The first kappa shape index (κ1) is 14.8. The zero-order chi connectivity index (χ0) is 14.6. The number of hydrogen-bond acceptors (Lipinski definition) is 5. The number of carbonyl (C=O) groups is 2. The standard InChI is InChI=1S/C13H18N2O4/c1-5-19-13(17)15(3)9-6-7-10(18-4)11(8(2)16)12(9)14/h6-7H,5,14H2,1-4H3. The van der Waals surface area contributed by atoms with Crippen LogP contribution in [0.25, 0.3) is 0 Å². The fourth-order valence-electron chi connectivity index (χ4n) is 1.73. The SMILES string of the molecule is CCOC(=O)N(C)c1ccc(OC)c(C(C)=O)c1N. The van der Waals surface area contributed by atoms with E-state index in [-0.39, 0.29) is 23.6 Å². The van der Waals surface area contributed by atoms with Gasteiger partial charge in [-0.05, 0) is 26.0 Å². The summed E-state index contributed by atoms with van der Waals surface area (Å²) in [5.74, 6) is 0.152. The van der Waals surface area contributed by atoms with E-state index in [2.05, 4.69) is 0 Å². The summed E-state index contributed by atoms with van der Waals surface area (Å²) in [6.07, 6.45) is -0.533. The highest BCUT2D eigenvalue weighted by atomic mass is 16.6. The number of nitrogens with two attached hydrogens (primary N) is 1. The maximum absolute atomic E-state index is 11.7. The molecule has 0 fully saturated rings. The van der Waals surface area contributed by atoms with Gasteiger partial charge >= 0.3 is 6.09 Å². The van der Waals surface area contributed by atoms with Crippen LogP contribution < -0.4 is 15.4 Å². The van der Waals surface area contributed by atoms with Crippen LogP contribution in [0.2, 0.25) is 0 Å². The van der Waals surface area contributed by atoms with E-state index in [1.165, 1.54) is 26.0 Å². The zero-order valence-corrected chi connectivity index (χ0v) is 11.5. The van der Waals surface area contributed by atoms with Crippen LogP contribution in [0, 0.1) is 0 Å². The summed E-state index contributed by atoms with van der Waals surface area (Å²) in [7, 11) is 2.98. The van der Waals surface area contributed by atoms with Crippen LogP contribution in [0.3, 0.4) is 0 Å². The van der Waals surface area contributed by atoms with E-state index in [9.17, 15) is 9.59 Å². The Bertz CT molecular complexity index is 500. The molecule has 0 aliphatic rings. The Morgan fingerprint density at radius 1 is 1.37 bits per heavy atom. The lowest BCUT2D eigenvalue weighted by atomic mass is 10.1. The van der Waals surface area contributed by atoms with Gasteiger partial charge in [0.25, 0.3) is 0 Å². The smallest absolute Gasteiger partial charge is 0.414 e. The molecule has 6 heteroatoms. The maximum Gasteiger partial charge on any atom is 0.414 e. The number of carbonyl (C=O) groups excluding carboxylic acids is 2. The van der Waals surface area contributed by atoms with Gasteiger partial charge in [-0.1, -0.05) is 0 Å². The predicted octanol–water partition coefficient (Wildman–Crippen LogP) is 2.07. The molecule has 0 radical (unpaired) electrons. The molecule has 0 saturated heterocycles. The van der Waals surface area contributed by atoms with E-state index >= 15 is 0 Å². The Morgan fingerprint density at radius 2 is 2.00 bits per heavy atom. The highest BCUT2D eigenvalue weighted by Gasteiger charge is 2.21. The van der Waals surface area contributed by atoms with E-state index in [0.29, 0.717) is 11.4 Å². The van der Waals surface area contributed by atoms with Gasteiger partial charge in [-0.2, -0.15) is 0 Å². The van der Waals surface area contributed by atoms with Gasteiger partial charge in [-0.25, -0.2) is 4.79 Å². The Balaban J connectivity index is 3.27. The van der Waals surface area contributed by atoms with Crippen LogP contribution in [0.1, 0.15) is 24.2 Å². The summed E-state index contributed by atoms with van der Waals surface area (Å²) in [6.45, 7) is 3.37. The Kier molecular flexibility index (Phi) is 4.74.